The lowest BCUT2D eigenvalue weighted by molar-refractivity contribution is -0.120. The van der Waals surface area contributed by atoms with Crippen LogP contribution in [0.3, 0.4) is 0 Å². The van der Waals surface area contributed by atoms with Gasteiger partial charge in [-0.05, 0) is 54.8 Å². The number of sulfonamides is 1. The number of rotatable bonds is 6. The molecule has 0 unspecified atom stereocenters. The van der Waals surface area contributed by atoms with E-state index < -0.39 is 10.0 Å². The molecule has 7 nitrogen and oxygen atoms in total. The smallest absolute Gasteiger partial charge is 0.243 e. The van der Waals surface area contributed by atoms with Crippen LogP contribution in [0.1, 0.15) is 18.4 Å². The van der Waals surface area contributed by atoms with Crippen LogP contribution in [0.15, 0.2) is 53.4 Å². The third-order valence-corrected chi connectivity index (χ3v) is 6.94. The average molecular weight is 413 g/mol. The SMILES string of the molecule is COc1ccc(S(=O)(=O)N2CCC(C(=O)Nc3ccc(CC#N)cc3)CC2)cc1. The standard InChI is InChI=1S/C21H23N3O4S/c1-28-19-6-8-20(9-7-19)29(26,27)24-14-11-17(12-15-24)21(25)23-18-4-2-16(3-5-18)10-13-22/h2-9,17H,10-12,14-15H2,1H3,(H,23,25). The van der Waals surface area contributed by atoms with Gasteiger partial charge in [0.2, 0.25) is 15.9 Å². The molecule has 3 rings (SSSR count). The van der Waals surface area contributed by atoms with E-state index >= 15 is 0 Å². The topological polar surface area (TPSA) is 99.5 Å². The molecule has 1 amide bonds. The molecule has 8 heteroatoms. The molecule has 0 saturated carbocycles. The van der Waals surface area contributed by atoms with E-state index in [0.717, 1.165) is 5.56 Å². The summed E-state index contributed by atoms with van der Waals surface area (Å²) in [5, 5.41) is 11.6. The predicted molar refractivity (Wildman–Crippen MR) is 109 cm³/mol. The molecule has 1 fully saturated rings. The van der Waals surface area contributed by atoms with Gasteiger partial charge in [-0.1, -0.05) is 12.1 Å². The molecule has 2 aromatic rings. The Hall–Kier alpha value is -2.89. The zero-order chi connectivity index (χ0) is 20.9. The number of carbonyl (C=O) groups excluding carboxylic acids is 1. The van der Waals surface area contributed by atoms with Crippen LogP contribution < -0.4 is 10.1 Å². The van der Waals surface area contributed by atoms with Crippen LogP contribution in [0.2, 0.25) is 0 Å². The van der Waals surface area contributed by atoms with Crippen molar-refractivity contribution >= 4 is 21.6 Å². The van der Waals surface area contributed by atoms with Crippen molar-refractivity contribution in [1.82, 2.24) is 4.31 Å². The Labute approximate surface area is 171 Å². The Kier molecular flexibility index (Phi) is 6.52. The van der Waals surface area contributed by atoms with Crippen molar-refractivity contribution in [1.29, 1.82) is 5.26 Å². The number of carbonyl (C=O) groups is 1. The lowest BCUT2D eigenvalue weighted by Gasteiger charge is -2.30. The van der Waals surface area contributed by atoms with Crippen LogP contribution in [0.5, 0.6) is 5.75 Å². The van der Waals surface area contributed by atoms with Crippen molar-refractivity contribution in [2.24, 2.45) is 5.92 Å². The molecule has 1 aliphatic heterocycles. The van der Waals surface area contributed by atoms with E-state index in [0.29, 0.717) is 43.8 Å². The highest BCUT2D eigenvalue weighted by molar-refractivity contribution is 7.89. The van der Waals surface area contributed by atoms with Gasteiger partial charge in [-0.3, -0.25) is 4.79 Å². The van der Waals surface area contributed by atoms with Crippen LogP contribution in [-0.4, -0.2) is 38.8 Å². The number of methoxy groups -OCH3 is 1. The fourth-order valence-corrected chi connectivity index (χ4v) is 4.77. The quantitative estimate of drug-likeness (QED) is 0.785. The third kappa shape index (κ3) is 4.94. The van der Waals surface area contributed by atoms with Gasteiger partial charge in [-0.2, -0.15) is 9.57 Å². The van der Waals surface area contributed by atoms with E-state index in [1.807, 2.05) is 12.1 Å². The molecule has 0 bridgehead atoms. The summed E-state index contributed by atoms with van der Waals surface area (Å²) in [6, 6.07) is 15.5. The zero-order valence-corrected chi connectivity index (χ0v) is 17.0. The molecular weight excluding hydrogens is 390 g/mol. The minimum Gasteiger partial charge on any atom is -0.497 e. The Morgan fingerprint density at radius 3 is 2.31 bits per heavy atom. The number of ether oxygens (including phenoxy) is 1. The van der Waals surface area contributed by atoms with Crippen LogP contribution in [0, 0.1) is 17.2 Å². The molecule has 152 valence electrons. The molecule has 1 aliphatic rings. The largest absolute Gasteiger partial charge is 0.497 e. The van der Waals surface area contributed by atoms with Crippen LogP contribution in [-0.2, 0) is 21.2 Å². The summed E-state index contributed by atoms with van der Waals surface area (Å²) < 4.78 is 32.1. The van der Waals surface area contributed by atoms with Crippen LogP contribution in [0.4, 0.5) is 5.69 Å². The van der Waals surface area contributed by atoms with Crippen molar-refractivity contribution in [3.63, 3.8) is 0 Å². The number of piperidine rings is 1. The Morgan fingerprint density at radius 2 is 1.76 bits per heavy atom. The number of nitriles is 1. The summed E-state index contributed by atoms with van der Waals surface area (Å²) >= 11 is 0. The third-order valence-electron chi connectivity index (χ3n) is 5.03. The van der Waals surface area contributed by atoms with Crippen molar-refractivity contribution in [2.75, 3.05) is 25.5 Å². The van der Waals surface area contributed by atoms with E-state index in [2.05, 4.69) is 11.4 Å². The molecule has 1 N–H and O–H groups in total. The highest BCUT2D eigenvalue weighted by atomic mass is 32.2. The van der Waals surface area contributed by atoms with E-state index in [1.165, 1.54) is 23.5 Å². The number of amides is 1. The maximum absolute atomic E-state index is 12.8. The second kappa shape index (κ2) is 9.07. The Morgan fingerprint density at radius 1 is 1.14 bits per heavy atom. The Bertz CT molecular complexity index is 988. The minimum atomic E-state index is -3.59. The molecule has 2 aromatic carbocycles. The van der Waals surface area contributed by atoms with Crippen molar-refractivity contribution < 1.29 is 17.9 Å². The number of anilines is 1. The first kappa shape index (κ1) is 20.8. The van der Waals surface area contributed by atoms with Gasteiger partial charge >= 0.3 is 0 Å². The first-order valence-corrected chi connectivity index (χ1v) is 10.8. The number of nitrogens with zero attached hydrogens (tertiary/aromatic N) is 2. The summed E-state index contributed by atoms with van der Waals surface area (Å²) in [7, 11) is -2.06. The molecule has 0 radical (unpaired) electrons. The highest BCUT2D eigenvalue weighted by Gasteiger charge is 2.32. The first-order chi connectivity index (χ1) is 13.9. The number of benzene rings is 2. The van der Waals surface area contributed by atoms with Crippen LogP contribution in [0.25, 0.3) is 0 Å². The van der Waals surface area contributed by atoms with Gasteiger partial charge in [0.25, 0.3) is 0 Å². The zero-order valence-electron chi connectivity index (χ0n) is 16.2. The summed E-state index contributed by atoms with van der Waals surface area (Å²) in [5.74, 6) is 0.246. The van der Waals surface area contributed by atoms with Crippen molar-refractivity contribution in [3.05, 3.63) is 54.1 Å². The summed E-state index contributed by atoms with van der Waals surface area (Å²) in [6.07, 6.45) is 1.26. The molecule has 29 heavy (non-hydrogen) atoms. The van der Waals surface area contributed by atoms with Gasteiger partial charge in [0.15, 0.2) is 0 Å². The monoisotopic (exact) mass is 413 g/mol. The van der Waals surface area contributed by atoms with Gasteiger partial charge in [0.05, 0.1) is 24.5 Å². The van der Waals surface area contributed by atoms with Gasteiger partial charge in [0, 0.05) is 24.7 Å². The lowest BCUT2D eigenvalue weighted by atomic mass is 9.97. The highest BCUT2D eigenvalue weighted by Crippen LogP contribution is 2.26. The van der Waals surface area contributed by atoms with Gasteiger partial charge in [0.1, 0.15) is 5.75 Å². The predicted octanol–water partition coefficient (Wildman–Crippen LogP) is 2.80. The normalized spacial score (nSPS) is 15.4. The second-order valence-corrected chi connectivity index (χ2v) is 8.81. The Balaban J connectivity index is 1.57. The molecule has 0 spiro atoms. The summed E-state index contributed by atoms with van der Waals surface area (Å²) in [4.78, 5) is 12.8. The van der Waals surface area contributed by atoms with Crippen LogP contribution >= 0.6 is 0 Å². The van der Waals surface area contributed by atoms with Gasteiger partial charge < -0.3 is 10.1 Å². The molecule has 0 aromatic heterocycles. The average Bonchev–Trinajstić information content (AvgIpc) is 2.75. The number of hydrogen-bond donors (Lipinski definition) is 1. The maximum Gasteiger partial charge on any atom is 0.243 e. The molecule has 1 saturated heterocycles. The molecule has 1 heterocycles. The summed E-state index contributed by atoms with van der Waals surface area (Å²) in [5.41, 5.74) is 1.56. The van der Waals surface area contributed by atoms with E-state index in [1.54, 1.807) is 24.3 Å². The molecule has 0 atom stereocenters. The number of nitrogens with one attached hydrogen (secondary N) is 1. The van der Waals surface area contributed by atoms with Crippen molar-refractivity contribution in [3.8, 4) is 11.8 Å². The van der Waals surface area contributed by atoms with Gasteiger partial charge in [-0.15, -0.1) is 0 Å². The lowest BCUT2D eigenvalue weighted by Crippen LogP contribution is -2.41. The second-order valence-electron chi connectivity index (χ2n) is 6.87. The van der Waals surface area contributed by atoms with E-state index in [4.69, 9.17) is 10.00 Å². The first-order valence-electron chi connectivity index (χ1n) is 9.35. The fraction of sp³-hybridized carbons (Fsp3) is 0.333. The number of hydrogen-bond acceptors (Lipinski definition) is 5. The fourth-order valence-electron chi connectivity index (χ4n) is 3.30. The van der Waals surface area contributed by atoms with E-state index in [9.17, 15) is 13.2 Å². The van der Waals surface area contributed by atoms with E-state index in [-0.39, 0.29) is 16.7 Å². The molecular formula is C21H23N3O4S. The van der Waals surface area contributed by atoms with Gasteiger partial charge in [-0.25, -0.2) is 8.42 Å². The summed E-state index contributed by atoms with van der Waals surface area (Å²) in [6.45, 7) is 0.598. The minimum absolute atomic E-state index is 0.112. The van der Waals surface area contributed by atoms with Crippen molar-refractivity contribution in [2.45, 2.75) is 24.2 Å². The maximum atomic E-state index is 12.8. The molecule has 0 aliphatic carbocycles.